The molecule has 0 aromatic rings. The molecule has 0 atom stereocenters. The molecule has 0 aliphatic heterocycles. The Labute approximate surface area is 74.3 Å². The number of ketones is 1. The molecule has 0 fully saturated rings. The summed E-state index contributed by atoms with van der Waals surface area (Å²) in [6.45, 7) is 0. The number of hydrogen-bond acceptors (Lipinski definition) is 1. The van der Waals surface area contributed by atoms with Crippen molar-refractivity contribution in [3.05, 3.63) is 23.8 Å². The highest BCUT2D eigenvalue weighted by atomic mass is 127. The third-order valence-electron chi connectivity index (χ3n) is 1.49. The number of alkyl halides is 1. The van der Waals surface area contributed by atoms with Crippen molar-refractivity contribution < 1.29 is 4.79 Å². The van der Waals surface area contributed by atoms with Crippen LogP contribution in [0.2, 0.25) is 0 Å². The predicted molar refractivity (Wildman–Crippen MR) is 50.4 cm³/mol. The van der Waals surface area contributed by atoms with E-state index in [1.54, 1.807) is 0 Å². The normalized spacial score (nSPS) is 16.7. The lowest BCUT2D eigenvalue weighted by atomic mass is 10.0. The number of allylic oxidation sites excluding steroid dienone is 4. The van der Waals surface area contributed by atoms with Crippen molar-refractivity contribution >= 4 is 28.4 Å². The second-order valence-corrected chi connectivity index (χ2v) is 2.98. The summed E-state index contributed by atoms with van der Waals surface area (Å²) in [5, 5.41) is 0. The Morgan fingerprint density at radius 1 is 1.70 bits per heavy atom. The first-order chi connectivity index (χ1) is 4.84. The van der Waals surface area contributed by atoms with Gasteiger partial charge in [-0.25, -0.2) is 0 Å². The first-order valence-electron chi connectivity index (χ1n) is 3.29. The lowest BCUT2D eigenvalue weighted by Gasteiger charge is -2.04. The summed E-state index contributed by atoms with van der Waals surface area (Å²) in [7, 11) is 0. The van der Waals surface area contributed by atoms with Gasteiger partial charge in [0.2, 0.25) is 0 Å². The van der Waals surface area contributed by atoms with E-state index in [4.69, 9.17) is 0 Å². The third kappa shape index (κ3) is 1.94. The Balaban J connectivity index is 2.62. The van der Waals surface area contributed by atoms with Crippen LogP contribution < -0.4 is 0 Å². The van der Waals surface area contributed by atoms with Gasteiger partial charge < -0.3 is 0 Å². The molecule has 1 aliphatic rings. The summed E-state index contributed by atoms with van der Waals surface area (Å²) >= 11 is 2.10. The SMILES string of the molecule is O=C(CI)C1=CC=CCC1. The van der Waals surface area contributed by atoms with Gasteiger partial charge in [-0.1, -0.05) is 40.8 Å². The smallest absolute Gasteiger partial charge is 0.168 e. The molecule has 0 aromatic heterocycles. The molecular formula is C8H9IO. The molecular weight excluding hydrogens is 239 g/mol. The summed E-state index contributed by atoms with van der Waals surface area (Å²) in [5.41, 5.74) is 0.983. The van der Waals surface area contributed by atoms with E-state index in [-0.39, 0.29) is 5.78 Å². The van der Waals surface area contributed by atoms with E-state index in [0.29, 0.717) is 4.43 Å². The Morgan fingerprint density at radius 2 is 2.50 bits per heavy atom. The quantitative estimate of drug-likeness (QED) is 0.541. The Bertz CT molecular complexity index is 191. The van der Waals surface area contributed by atoms with Gasteiger partial charge in [0.15, 0.2) is 5.78 Å². The number of carbonyl (C=O) groups is 1. The van der Waals surface area contributed by atoms with Crippen molar-refractivity contribution in [3.8, 4) is 0 Å². The maximum Gasteiger partial charge on any atom is 0.168 e. The van der Waals surface area contributed by atoms with Gasteiger partial charge in [0.1, 0.15) is 0 Å². The van der Waals surface area contributed by atoms with Gasteiger partial charge in [-0.15, -0.1) is 0 Å². The van der Waals surface area contributed by atoms with Crippen molar-refractivity contribution in [2.24, 2.45) is 0 Å². The Morgan fingerprint density at radius 3 is 3.00 bits per heavy atom. The number of halogens is 1. The fraction of sp³-hybridized carbons (Fsp3) is 0.375. The standard InChI is InChI=1S/C8H9IO/c9-6-8(10)7-4-2-1-3-5-7/h1-2,4H,3,5-6H2. The van der Waals surface area contributed by atoms with Gasteiger partial charge in [-0.3, -0.25) is 4.79 Å². The second kappa shape index (κ2) is 3.91. The van der Waals surface area contributed by atoms with Gasteiger partial charge in [0.05, 0.1) is 4.43 Å². The van der Waals surface area contributed by atoms with Crippen molar-refractivity contribution in [2.45, 2.75) is 12.8 Å². The lowest BCUT2D eigenvalue weighted by Crippen LogP contribution is -2.04. The summed E-state index contributed by atoms with van der Waals surface area (Å²) in [6, 6.07) is 0. The maximum atomic E-state index is 11.1. The van der Waals surface area contributed by atoms with Crippen molar-refractivity contribution in [1.82, 2.24) is 0 Å². The molecule has 0 spiro atoms. The molecule has 2 heteroatoms. The molecule has 1 aliphatic carbocycles. The average molecular weight is 248 g/mol. The summed E-state index contributed by atoms with van der Waals surface area (Å²) in [6.07, 6.45) is 7.92. The molecule has 0 N–H and O–H groups in total. The molecule has 0 saturated heterocycles. The van der Waals surface area contributed by atoms with E-state index in [9.17, 15) is 4.79 Å². The highest BCUT2D eigenvalue weighted by molar-refractivity contribution is 14.1. The van der Waals surface area contributed by atoms with Crippen molar-refractivity contribution in [2.75, 3.05) is 4.43 Å². The lowest BCUT2D eigenvalue weighted by molar-refractivity contribution is -0.113. The van der Waals surface area contributed by atoms with Crippen LogP contribution >= 0.6 is 22.6 Å². The molecule has 0 unspecified atom stereocenters. The van der Waals surface area contributed by atoms with E-state index in [0.717, 1.165) is 18.4 Å². The van der Waals surface area contributed by atoms with E-state index in [2.05, 4.69) is 28.7 Å². The van der Waals surface area contributed by atoms with Crippen molar-refractivity contribution in [3.63, 3.8) is 0 Å². The molecule has 0 amide bonds. The topological polar surface area (TPSA) is 17.1 Å². The van der Waals surface area contributed by atoms with Gasteiger partial charge in [-0.05, 0) is 18.4 Å². The van der Waals surface area contributed by atoms with Crippen molar-refractivity contribution in [1.29, 1.82) is 0 Å². The van der Waals surface area contributed by atoms with Crippen LogP contribution in [0.4, 0.5) is 0 Å². The monoisotopic (exact) mass is 248 g/mol. The minimum Gasteiger partial charge on any atom is -0.294 e. The molecule has 0 radical (unpaired) electrons. The van der Waals surface area contributed by atoms with E-state index >= 15 is 0 Å². The molecule has 0 aromatic carbocycles. The van der Waals surface area contributed by atoms with Crippen LogP contribution in [0, 0.1) is 0 Å². The Hall–Kier alpha value is -0.120. The molecule has 0 saturated carbocycles. The summed E-state index contributed by atoms with van der Waals surface area (Å²) in [5.74, 6) is 0.282. The second-order valence-electron chi connectivity index (χ2n) is 2.22. The number of rotatable bonds is 2. The highest BCUT2D eigenvalue weighted by Crippen LogP contribution is 2.13. The minimum absolute atomic E-state index is 0.282. The molecule has 1 rings (SSSR count). The van der Waals surface area contributed by atoms with Gasteiger partial charge in [0, 0.05) is 0 Å². The van der Waals surface area contributed by atoms with E-state index in [1.165, 1.54) is 0 Å². The van der Waals surface area contributed by atoms with Crippen LogP contribution in [0.3, 0.4) is 0 Å². The van der Waals surface area contributed by atoms with E-state index < -0.39 is 0 Å². The fourth-order valence-electron chi connectivity index (χ4n) is 0.921. The Kier molecular flexibility index (Phi) is 3.12. The van der Waals surface area contributed by atoms with Crippen LogP contribution in [0.25, 0.3) is 0 Å². The zero-order valence-corrected chi connectivity index (χ0v) is 7.80. The van der Waals surface area contributed by atoms with Gasteiger partial charge in [0.25, 0.3) is 0 Å². The highest BCUT2D eigenvalue weighted by Gasteiger charge is 2.06. The molecule has 10 heavy (non-hydrogen) atoms. The van der Waals surface area contributed by atoms with Crippen LogP contribution in [-0.2, 0) is 4.79 Å². The largest absolute Gasteiger partial charge is 0.294 e. The number of Topliss-reactive ketones (excluding diaryl/α,β-unsaturated/α-hetero) is 1. The van der Waals surface area contributed by atoms with Crippen LogP contribution in [0.5, 0.6) is 0 Å². The predicted octanol–water partition coefficient (Wildman–Crippen LogP) is 2.27. The molecule has 0 heterocycles. The number of hydrogen-bond donors (Lipinski definition) is 0. The summed E-state index contributed by atoms with van der Waals surface area (Å²) < 4.78 is 0.609. The molecule has 54 valence electrons. The van der Waals surface area contributed by atoms with Crippen LogP contribution in [-0.4, -0.2) is 10.2 Å². The maximum absolute atomic E-state index is 11.1. The van der Waals surface area contributed by atoms with Crippen LogP contribution in [0.15, 0.2) is 23.8 Å². The first kappa shape index (κ1) is 7.98. The van der Waals surface area contributed by atoms with Crippen LogP contribution in [0.1, 0.15) is 12.8 Å². The van der Waals surface area contributed by atoms with Gasteiger partial charge >= 0.3 is 0 Å². The van der Waals surface area contributed by atoms with Gasteiger partial charge in [-0.2, -0.15) is 0 Å². The molecule has 1 nitrogen and oxygen atoms in total. The van der Waals surface area contributed by atoms with E-state index in [1.807, 2.05) is 12.2 Å². The third-order valence-corrected chi connectivity index (χ3v) is 2.19. The first-order valence-corrected chi connectivity index (χ1v) is 4.82. The zero-order chi connectivity index (χ0) is 7.40. The minimum atomic E-state index is 0.282. The molecule has 0 bridgehead atoms. The number of carbonyl (C=O) groups excluding carboxylic acids is 1. The summed E-state index contributed by atoms with van der Waals surface area (Å²) in [4.78, 5) is 11.1. The zero-order valence-electron chi connectivity index (χ0n) is 5.64. The fourth-order valence-corrected chi connectivity index (χ4v) is 1.41. The average Bonchev–Trinajstić information content (AvgIpc) is 2.05.